The number of ketones is 1. The molecule has 4 nitrogen and oxygen atoms in total. The number of benzene rings is 1. The van der Waals surface area contributed by atoms with Crippen molar-refractivity contribution in [3.8, 4) is 5.75 Å². The highest BCUT2D eigenvalue weighted by Gasteiger charge is 2.16. The van der Waals surface area contributed by atoms with E-state index in [2.05, 4.69) is 12.2 Å². The van der Waals surface area contributed by atoms with Crippen molar-refractivity contribution in [1.29, 1.82) is 0 Å². The summed E-state index contributed by atoms with van der Waals surface area (Å²) >= 11 is 1.40. The van der Waals surface area contributed by atoms with Gasteiger partial charge < -0.3 is 15.2 Å². The van der Waals surface area contributed by atoms with Crippen molar-refractivity contribution in [1.82, 2.24) is 0 Å². The number of Topliss-reactive ketones (excluding diaryl/α,β-unsaturated/α-hetero) is 1. The Labute approximate surface area is 147 Å². The number of nitrogens with two attached hydrogens (primary N) is 1. The molecule has 3 N–H and O–H groups in total. The van der Waals surface area contributed by atoms with Crippen molar-refractivity contribution in [2.24, 2.45) is 0 Å². The number of quaternary nitrogens is 1. The van der Waals surface area contributed by atoms with Gasteiger partial charge in [-0.15, -0.1) is 11.3 Å². The maximum Gasteiger partial charge on any atom is 0.176 e. The second-order valence-electron chi connectivity index (χ2n) is 5.80. The third-order valence-corrected chi connectivity index (χ3v) is 4.67. The molecule has 0 aliphatic rings. The molecule has 0 aliphatic carbocycles. The van der Waals surface area contributed by atoms with Crippen LogP contribution in [0.3, 0.4) is 0 Å². The molecule has 0 saturated carbocycles. The van der Waals surface area contributed by atoms with Crippen molar-refractivity contribution < 1.29 is 20.0 Å². The fraction of sp³-hybridized carbons (Fsp3) is 0.421. The maximum absolute atomic E-state index is 12.4. The second-order valence-corrected chi connectivity index (χ2v) is 6.72. The van der Waals surface area contributed by atoms with E-state index in [0.717, 1.165) is 24.9 Å². The first-order valence-electron chi connectivity index (χ1n) is 8.47. The van der Waals surface area contributed by atoms with E-state index < -0.39 is 6.10 Å². The molecule has 130 valence electrons. The van der Waals surface area contributed by atoms with Crippen molar-refractivity contribution in [2.45, 2.75) is 32.3 Å². The molecule has 5 heteroatoms. The zero-order chi connectivity index (χ0) is 17.2. The van der Waals surface area contributed by atoms with Gasteiger partial charge in [0.05, 0.1) is 6.54 Å². The summed E-state index contributed by atoms with van der Waals surface area (Å²) in [5.74, 6) is 0.684. The Bertz CT molecular complexity index is 612. The molecule has 1 atom stereocenters. The fourth-order valence-corrected chi connectivity index (χ4v) is 3.20. The van der Waals surface area contributed by atoms with Gasteiger partial charge in [0.25, 0.3) is 0 Å². The smallest absolute Gasteiger partial charge is 0.176 e. The van der Waals surface area contributed by atoms with Gasteiger partial charge in [0.15, 0.2) is 5.78 Å². The zero-order valence-corrected chi connectivity index (χ0v) is 14.9. The van der Waals surface area contributed by atoms with Gasteiger partial charge in [-0.3, -0.25) is 4.79 Å². The quantitative estimate of drug-likeness (QED) is 0.484. The first-order chi connectivity index (χ1) is 11.7. The average Bonchev–Trinajstić information content (AvgIpc) is 3.08. The van der Waals surface area contributed by atoms with Crippen LogP contribution < -0.4 is 10.1 Å². The van der Waals surface area contributed by atoms with Gasteiger partial charge in [0, 0.05) is 6.42 Å². The Kier molecular flexibility index (Phi) is 7.95. The standard InChI is InChI=1S/C19H25NO3S/c1-2-11-20-13-16(21)14-23-18-10-12-24-19(18)17(22)9-8-15-6-4-3-5-7-15/h3-7,10,12,16,20-21H,2,8-9,11,13-14H2,1H3/p+1/t16-/m1/s1. The third kappa shape index (κ3) is 6.07. The summed E-state index contributed by atoms with van der Waals surface area (Å²) < 4.78 is 5.66. The topological polar surface area (TPSA) is 63.1 Å². The monoisotopic (exact) mass is 348 g/mol. The highest BCUT2D eigenvalue weighted by molar-refractivity contribution is 7.12. The van der Waals surface area contributed by atoms with Gasteiger partial charge in [-0.1, -0.05) is 37.3 Å². The first kappa shape index (κ1) is 18.6. The van der Waals surface area contributed by atoms with E-state index in [4.69, 9.17) is 4.74 Å². The molecular weight excluding hydrogens is 322 g/mol. The zero-order valence-electron chi connectivity index (χ0n) is 14.1. The van der Waals surface area contributed by atoms with Crippen LogP contribution in [0.1, 0.15) is 35.0 Å². The molecule has 0 saturated heterocycles. The minimum absolute atomic E-state index is 0.0934. The molecule has 0 amide bonds. The van der Waals surface area contributed by atoms with E-state index in [-0.39, 0.29) is 12.4 Å². The maximum atomic E-state index is 12.4. The number of aryl methyl sites for hydroxylation is 1. The van der Waals surface area contributed by atoms with Gasteiger partial charge in [-0.25, -0.2) is 0 Å². The highest BCUT2D eigenvalue weighted by atomic mass is 32.1. The van der Waals surface area contributed by atoms with Crippen LogP contribution in [0.25, 0.3) is 0 Å². The van der Waals surface area contributed by atoms with Gasteiger partial charge in [0.1, 0.15) is 29.9 Å². The highest BCUT2D eigenvalue weighted by Crippen LogP contribution is 2.27. The molecule has 1 aromatic heterocycles. The summed E-state index contributed by atoms with van der Waals surface area (Å²) in [6.07, 6.45) is 1.75. The molecule has 0 aliphatic heterocycles. The molecule has 1 aromatic carbocycles. The molecule has 24 heavy (non-hydrogen) atoms. The Morgan fingerprint density at radius 1 is 1.29 bits per heavy atom. The predicted octanol–water partition coefficient (Wildman–Crippen LogP) is 2.28. The van der Waals surface area contributed by atoms with Gasteiger partial charge in [-0.2, -0.15) is 0 Å². The first-order valence-corrected chi connectivity index (χ1v) is 9.35. The molecule has 0 fully saturated rings. The Hall–Kier alpha value is -1.69. The molecule has 0 unspecified atom stereocenters. The summed E-state index contributed by atoms with van der Waals surface area (Å²) in [6, 6.07) is 11.8. The number of aliphatic hydroxyl groups is 1. The van der Waals surface area contributed by atoms with E-state index in [0.29, 0.717) is 23.6 Å². The van der Waals surface area contributed by atoms with Crippen LogP contribution in [0.5, 0.6) is 5.75 Å². The van der Waals surface area contributed by atoms with Crippen LogP contribution in [0.15, 0.2) is 41.8 Å². The van der Waals surface area contributed by atoms with E-state index in [1.807, 2.05) is 41.8 Å². The van der Waals surface area contributed by atoms with E-state index in [9.17, 15) is 9.90 Å². The Morgan fingerprint density at radius 2 is 2.08 bits per heavy atom. The lowest BCUT2D eigenvalue weighted by Crippen LogP contribution is -2.86. The van der Waals surface area contributed by atoms with Gasteiger partial charge in [0.2, 0.25) is 0 Å². The molecule has 2 rings (SSSR count). The fourth-order valence-electron chi connectivity index (χ4n) is 2.40. The average molecular weight is 348 g/mol. The molecule has 0 radical (unpaired) electrons. The number of ether oxygens (including phenoxy) is 1. The Balaban J connectivity index is 1.81. The Morgan fingerprint density at radius 3 is 2.83 bits per heavy atom. The summed E-state index contributed by atoms with van der Waals surface area (Å²) in [7, 11) is 0. The number of carbonyl (C=O) groups is 1. The predicted molar refractivity (Wildman–Crippen MR) is 96.9 cm³/mol. The van der Waals surface area contributed by atoms with Gasteiger partial charge >= 0.3 is 0 Å². The van der Waals surface area contributed by atoms with Crippen LogP contribution in [-0.2, 0) is 6.42 Å². The SMILES string of the molecule is CCC[NH2+]C[C@@H](O)COc1ccsc1C(=O)CCc1ccccc1. The summed E-state index contributed by atoms with van der Waals surface area (Å²) in [5.41, 5.74) is 1.16. The van der Waals surface area contributed by atoms with Crippen molar-refractivity contribution in [2.75, 3.05) is 19.7 Å². The summed E-state index contributed by atoms with van der Waals surface area (Å²) in [5, 5.41) is 13.9. The lowest BCUT2D eigenvalue weighted by Gasteiger charge is -2.11. The van der Waals surface area contributed by atoms with Crippen LogP contribution in [0, 0.1) is 0 Å². The summed E-state index contributed by atoms with van der Waals surface area (Å²) in [6.45, 7) is 3.95. The van der Waals surface area contributed by atoms with Crippen LogP contribution in [-0.4, -0.2) is 36.7 Å². The van der Waals surface area contributed by atoms with Crippen molar-refractivity contribution in [3.63, 3.8) is 0 Å². The van der Waals surface area contributed by atoms with Crippen molar-refractivity contribution >= 4 is 17.1 Å². The summed E-state index contributed by atoms with van der Waals surface area (Å²) in [4.78, 5) is 13.1. The second kappa shape index (κ2) is 10.2. The number of thiophene rings is 1. The normalized spacial score (nSPS) is 12.1. The number of rotatable bonds is 11. The number of carbonyl (C=O) groups excluding carboxylic acids is 1. The minimum Gasteiger partial charge on any atom is -0.489 e. The largest absolute Gasteiger partial charge is 0.489 e. The van der Waals surface area contributed by atoms with E-state index >= 15 is 0 Å². The minimum atomic E-state index is -0.524. The van der Waals surface area contributed by atoms with E-state index in [1.165, 1.54) is 11.3 Å². The van der Waals surface area contributed by atoms with Gasteiger partial charge in [-0.05, 0) is 29.9 Å². The van der Waals surface area contributed by atoms with Crippen LogP contribution >= 0.6 is 11.3 Å². The van der Waals surface area contributed by atoms with Crippen LogP contribution in [0.4, 0.5) is 0 Å². The number of aliphatic hydroxyl groups excluding tert-OH is 1. The number of hydrogen-bond donors (Lipinski definition) is 2. The molecule has 2 aromatic rings. The third-order valence-electron chi connectivity index (χ3n) is 3.73. The molecular formula is C19H26NO3S+. The van der Waals surface area contributed by atoms with Crippen LogP contribution in [0.2, 0.25) is 0 Å². The molecule has 1 heterocycles. The lowest BCUT2D eigenvalue weighted by molar-refractivity contribution is -0.661. The lowest BCUT2D eigenvalue weighted by atomic mass is 10.1. The van der Waals surface area contributed by atoms with Crippen molar-refractivity contribution in [3.05, 3.63) is 52.2 Å². The molecule has 0 bridgehead atoms. The number of hydrogen-bond acceptors (Lipinski definition) is 4. The molecule has 0 spiro atoms. The van der Waals surface area contributed by atoms with E-state index in [1.54, 1.807) is 0 Å².